The summed E-state index contributed by atoms with van der Waals surface area (Å²) in [6.45, 7) is 0.882. The minimum Gasteiger partial charge on any atom is -0.478 e. The molecule has 0 radical (unpaired) electrons. The number of hydrogen-bond acceptors (Lipinski definition) is 4. The van der Waals surface area contributed by atoms with Crippen LogP contribution in [0, 0.1) is 5.92 Å². The topological polar surface area (TPSA) is 99.9 Å². The molecule has 1 aromatic heterocycles. The minimum absolute atomic E-state index is 0.0467. The van der Waals surface area contributed by atoms with Crippen molar-refractivity contribution >= 4 is 35.1 Å². The Morgan fingerprint density at radius 2 is 1.97 bits per heavy atom. The first kappa shape index (κ1) is 22.6. The molecule has 2 amide bonds. The molecule has 2 aromatic carbocycles. The molecule has 7 nitrogen and oxygen atoms in total. The van der Waals surface area contributed by atoms with Crippen molar-refractivity contribution in [2.24, 2.45) is 5.92 Å². The Morgan fingerprint density at radius 1 is 1.12 bits per heavy atom. The zero-order chi connectivity index (χ0) is 23.4. The van der Waals surface area contributed by atoms with Crippen LogP contribution in [-0.2, 0) is 16.0 Å². The zero-order valence-electron chi connectivity index (χ0n) is 17.8. The van der Waals surface area contributed by atoms with E-state index in [0.29, 0.717) is 25.9 Å². The van der Waals surface area contributed by atoms with Crippen molar-refractivity contribution in [3.63, 3.8) is 0 Å². The number of carboxylic acid groups (broad SMARTS) is 1. The predicted molar refractivity (Wildman–Crippen MR) is 124 cm³/mol. The number of halogens is 1. The molecule has 2 N–H and O–H groups in total. The normalized spacial score (nSPS) is 15.8. The van der Waals surface area contributed by atoms with Crippen LogP contribution in [0.25, 0.3) is 11.1 Å². The average molecular weight is 467 g/mol. The Hall–Kier alpha value is -3.58. The van der Waals surface area contributed by atoms with Crippen molar-refractivity contribution in [1.29, 1.82) is 0 Å². The highest BCUT2D eigenvalue weighted by Crippen LogP contribution is 2.25. The first-order valence-electron chi connectivity index (χ1n) is 10.6. The fourth-order valence-corrected chi connectivity index (χ4v) is 4.20. The molecule has 2 heterocycles. The van der Waals surface area contributed by atoms with Crippen LogP contribution in [0.3, 0.4) is 0 Å². The molecule has 3 aromatic rings. The summed E-state index contributed by atoms with van der Waals surface area (Å²) < 4.78 is 5.14. The lowest BCUT2D eigenvalue weighted by atomic mass is 9.96. The second kappa shape index (κ2) is 9.92. The van der Waals surface area contributed by atoms with Gasteiger partial charge in [-0.1, -0.05) is 35.9 Å². The number of piperidine rings is 1. The highest BCUT2D eigenvalue weighted by Gasteiger charge is 2.29. The third kappa shape index (κ3) is 5.43. The van der Waals surface area contributed by atoms with E-state index >= 15 is 0 Å². The number of anilines is 1. The molecule has 1 aliphatic heterocycles. The van der Waals surface area contributed by atoms with Gasteiger partial charge in [0, 0.05) is 23.7 Å². The monoisotopic (exact) mass is 466 g/mol. The largest absolute Gasteiger partial charge is 0.478 e. The van der Waals surface area contributed by atoms with Crippen molar-refractivity contribution < 1.29 is 23.9 Å². The summed E-state index contributed by atoms with van der Waals surface area (Å²) in [6.07, 6.45) is 4.83. The fraction of sp³-hybridized carbons (Fsp3) is 0.240. The summed E-state index contributed by atoms with van der Waals surface area (Å²) in [5.41, 5.74) is 2.93. The molecule has 170 valence electrons. The molecule has 1 aliphatic rings. The maximum atomic E-state index is 13.0. The van der Waals surface area contributed by atoms with E-state index in [9.17, 15) is 19.5 Å². The van der Waals surface area contributed by atoms with Crippen LogP contribution in [0.15, 0.2) is 65.5 Å². The number of amides is 2. The van der Waals surface area contributed by atoms with Crippen molar-refractivity contribution in [1.82, 2.24) is 4.90 Å². The quantitative estimate of drug-likeness (QED) is 0.547. The molecule has 4 rings (SSSR count). The lowest BCUT2D eigenvalue weighted by Crippen LogP contribution is -2.44. The molecule has 1 saturated heterocycles. The highest BCUT2D eigenvalue weighted by molar-refractivity contribution is 6.31. The molecule has 8 heteroatoms. The van der Waals surface area contributed by atoms with E-state index < -0.39 is 11.9 Å². The molecular formula is C25H23ClN2O5. The number of nitrogens with zero attached hydrogens (tertiary/aromatic N) is 1. The molecule has 1 fully saturated rings. The predicted octanol–water partition coefficient (Wildman–Crippen LogP) is 4.72. The van der Waals surface area contributed by atoms with Crippen LogP contribution in [-0.4, -0.2) is 40.9 Å². The Morgan fingerprint density at radius 3 is 2.73 bits per heavy atom. The number of nitrogens with one attached hydrogen (secondary N) is 1. The first-order valence-corrected chi connectivity index (χ1v) is 11.0. The Labute approximate surface area is 196 Å². The van der Waals surface area contributed by atoms with Gasteiger partial charge >= 0.3 is 5.97 Å². The Balaban J connectivity index is 1.40. The van der Waals surface area contributed by atoms with Crippen LogP contribution in [0.2, 0.25) is 5.02 Å². The van der Waals surface area contributed by atoms with E-state index in [0.717, 1.165) is 16.7 Å². The second-order valence-corrected chi connectivity index (χ2v) is 8.49. The van der Waals surface area contributed by atoms with Crippen LogP contribution in [0.1, 0.15) is 28.8 Å². The van der Waals surface area contributed by atoms with E-state index in [1.54, 1.807) is 17.4 Å². The number of furan rings is 1. The van der Waals surface area contributed by atoms with Crippen molar-refractivity contribution in [3.8, 4) is 11.1 Å². The number of rotatable bonds is 6. The molecular weight excluding hydrogens is 444 g/mol. The number of likely N-dealkylation sites (tertiary alicyclic amines) is 1. The summed E-state index contributed by atoms with van der Waals surface area (Å²) in [5.74, 6) is -1.95. The van der Waals surface area contributed by atoms with Crippen LogP contribution < -0.4 is 5.32 Å². The number of carbonyl (C=O) groups excluding carboxylic acids is 2. The smallest absolute Gasteiger partial charge is 0.337 e. The van der Waals surface area contributed by atoms with Crippen molar-refractivity contribution in [2.75, 3.05) is 18.4 Å². The Kier molecular flexibility index (Phi) is 6.79. The second-order valence-electron chi connectivity index (χ2n) is 8.05. The van der Waals surface area contributed by atoms with Crippen molar-refractivity contribution in [2.45, 2.75) is 19.3 Å². The van der Waals surface area contributed by atoms with Gasteiger partial charge in [0.2, 0.25) is 11.8 Å². The Bertz CT molecular complexity index is 1180. The van der Waals surface area contributed by atoms with Gasteiger partial charge in [-0.2, -0.15) is 0 Å². The van der Waals surface area contributed by atoms with Gasteiger partial charge in [0.15, 0.2) is 0 Å². The summed E-state index contributed by atoms with van der Waals surface area (Å²) >= 11 is 5.88. The standard InChI is InChI=1S/C25H23ClN2O5/c26-20-6-7-22(21(13-20)25(31)32)27-24(30)18-5-2-9-28(14-18)23(29)12-16-3-1-4-17(11-16)19-8-10-33-15-19/h1,3-4,6-8,10-11,13,15,18H,2,5,9,12,14H2,(H,27,30)(H,31,32). The van der Waals surface area contributed by atoms with Gasteiger partial charge in [-0.15, -0.1) is 0 Å². The van der Waals surface area contributed by atoms with Gasteiger partial charge < -0.3 is 19.7 Å². The number of carbonyl (C=O) groups is 3. The van der Waals surface area contributed by atoms with Gasteiger partial charge in [0.1, 0.15) is 0 Å². The third-order valence-electron chi connectivity index (χ3n) is 5.75. The van der Waals surface area contributed by atoms with E-state index in [1.807, 2.05) is 30.3 Å². The van der Waals surface area contributed by atoms with Gasteiger partial charge in [-0.05, 0) is 48.2 Å². The van der Waals surface area contributed by atoms with Gasteiger partial charge in [0.05, 0.1) is 36.1 Å². The van der Waals surface area contributed by atoms with E-state index in [2.05, 4.69) is 5.32 Å². The summed E-state index contributed by atoms with van der Waals surface area (Å²) in [4.78, 5) is 39.0. The lowest BCUT2D eigenvalue weighted by molar-refractivity contribution is -0.133. The molecule has 0 aliphatic carbocycles. The number of hydrogen-bond donors (Lipinski definition) is 2. The summed E-state index contributed by atoms with van der Waals surface area (Å²) in [7, 11) is 0. The molecule has 1 unspecified atom stereocenters. The van der Waals surface area contributed by atoms with E-state index in [1.165, 1.54) is 18.2 Å². The fourth-order valence-electron chi connectivity index (χ4n) is 4.03. The van der Waals surface area contributed by atoms with Crippen LogP contribution in [0.5, 0.6) is 0 Å². The van der Waals surface area contributed by atoms with Crippen LogP contribution in [0.4, 0.5) is 5.69 Å². The van der Waals surface area contributed by atoms with Crippen LogP contribution >= 0.6 is 11.6 Å². The van der Waals surface area contributed by atoms with E-state index in [4.69, 9.17) is 16.0 Å². The van der Waals surface area contributed by atoms with Gasteiger partial charge in [0.25, 0.3) is 0 Å². The number of benzene rings is 2. The summed E-state index contributed by atoms with van der Waals surface area (Å²) in [6, 6.07) is 13.9. The van der Waals surface area contributed by atoms with Gasteiger partial charge in [-0.25, -0.2) is 4.79 Å². The SMILES string of the molecule is O=C(O)c1cc(Cl)ccc1NC(=O)C1CCCN(C(=O)Cc2cccc(-c3ccoc3)c2)C1. The highest BCUT2D eigenvalue weighted by atomic mass is 35.5. The molecule has 33 heavy (non-hydrogen) atoms. The molecule has 0 saturated carbocycles. The maximum Gasteiger partial charge on any atom is 0.337 e. The first-order chi connectivity index (χ1) is 15.9. The molecule has 1 atom stereocenters. The third-order valence-corrected chi connectivity index (χ3v) is 5.99. The minimum atomic E-state index is -1.18. The maximum absolute atomic E-state index is 13.0. The van der Waals surface area contributed by atoms with Gasteiger partial charge in [-0.3, -0.25) is 9.59 Å². The summed E-state index contributed by atoms with van der Waals surface area (Å²) in [5, 5.41) is 12.4. The number of carboxylic acids is 1. The van der Waals surface area contributed by atoms with E-state index in [-0.39, 0.29) is 34.5 Å². The molecule has 0 bridgehead atoms. The average Bonchev–Trinajstić information content (AvgIpc) is 3.35. The lowest BCUT2D eigenvalue weighted by Gasteiger charge is -2.32. The zero-order valence-corrected chi connectivity index (χ0v) is 18.5. The number of aromatic carboxylic acids is 1. The molecule has 0 spiro atoms. The van der Waals surface area contributed by atoms with Crippen molar-refractivity contribution in [3.05, 3.63) is 77.2 Å².